The SMILES string of the molecule is CCOC(=O)C1CCCc2sc(NCc3ccco3)nc21. The van der Waals surface area contributed by atoms with E-state index in [1.54, 1.807) is 17.6 Å². The molecule has 3 rings (SSSR count). The van der Waals surface area contributed by atoms with Crippen LogP contribution < -0.4 is 5.32 Å². The van der Waals surface area contributed by atoms with Crippen LogP contribution in [0.4, 0.5) is 5.13 Å². The molecule has 0 bridgehead atoms. The minimum Gasteiger partial charge on any atom is -0.467 e. The van der Waals surface area contributed by atoms with Gasteiger partial charge in [0, 0.05) is 4.88 Å². The number of aromatic nitrogens is 1. The molecule has 2 aromatic heterocycles. The highest BCUT2D eigenvalue weighted by atomic mass is 32.1. The molecule has 1 aliphatic carbocycles. The summed E-state index contributed by atoms with van der Waals surface area (Å²) in [5, 5.41) is 4.10. The predicted molar refractivity (Wildman–Crippen MR) is 80.5 cm³/mol. The van der Waals surface area contributed by atoms with Crippen LogP contribution in [-0.4, -0.2) is 17.6 Å². The van der Waals surface area contributed by atoms with Crippen molar-refractivity contribution in [3.05, 3.63) is 34.7 Å². The van der Waals surface area contributed by atoms with Gasteiger partial charge in [-0.2, -0.15) is 0 Å². The summed E-state index contributed by atoms with van der Waals surface area (Å²) in [5.41, 5.74) is 0.895. The van der Waals surface area contributed by atoms with Gasteiger partial charge in [0.05, 0.1) is 25.1 Å². The molecule has 2 heterocycles. The number of aryl methyl sites for hydroxylation is 1. The van der Waals surface area contributed by atoms with Gasteiger partial charge in [0.25, 0.3) is 0 Å². The van der Waals surface area contributed by atoms with Crippen molar-refractivity contribution in [1.82, 2.24) is 4.98 Å². The van der Waals surface area contributed by atoms with Crippen molar-refractivity contribution in [3.63, 3.8) is 0 Å². The molecule has 0 saturated heterocycles. The van der Waals surface area contributed by atoms with Crippen LogP contribution in [0.1, 0.15) is 42.0 Å². The van der Waals surface area contributed by atoms with Gasteiger partial charge in [-0.15, -0.1) is 11.3 Å². The lowest BCUT2D eigenvalue weighted by Crippen LogP contribution is -2.20. The van der Waals surface area contributed by atoms with Crippen molar-refractivity contribution < 1.29 is 13.9 Å². The van der Waals surface area contributed by atoms with Crippen LogP contribution in [0.2, 0.25) is 0 Å². The van der Waals surface area contributed by atoms with Crippen molar-refractivity contribution in [2.75, 3.05) is 11.9 Å². The zero-order chi connectivity index (χ0) is 14.7. The number of esters is 1. The van der Waals surface area contributed by atoms with E-state index in [2.05, 4.69) is 10.3 Å². The van der Waals surface area contributed by atoms with Gasteiger partial charge in [-0.25, -0.2) is 4.98 Å². The predicted octanol–water partition coefficient (Wildman–Crippen LogP) is 3.33. The Morgan fingerprint density at radius 1 is 1.62 bits per heavy atom. The number of carbonyl (C=O) groups excluding carboxylic acids is 1. The van der Waals surface area contributed by atoms with Crippen LogP contribution in [0.3, 0.4) is 0 Å². The standard InChI is InChI=1S/C15H18N2O3S/c1-2-19-14(18)11-6-3-7-12-13(11)17-15(21-12)16-9-10-5-4-8-20-10/h4-5,8,11H,2-3,6-7,9H2,1H3,(H,16,17). The Labute approximate surface area is 127 Å². The maximum absolute atomic E-state index is 12.0. The molecule has 0 spiro atoms. The first-order chi connectivity index (χ1) is 10.3. The van der Waals surface area contributed by atoms with E-state index < -0.39 is 0 Å². The molecule has 1 atom stereocenters. The number of rotatable bonds is 5. The minimum atomic E-state index is -0.205. The minimum absolute atomic E-state index is 0.152. The second-order valence-corrected chi connectivity index (χ2v) is 6.04. The van der Waals surface area contributed by atoms with Crippen molar-refractivity contribution in [2.24, 2.45) is 0 Å². The Hall–Kier alpha value is -1.82. The monoisotopic (exact) mass is 306 g/mol. The Bertz CT molecular complexity index is 606. The third kappa shape index (κ3) is 3.10. The Morgan fingerprint density at radius 2 is 2.52 bits per heavy atom. The summed E-state index contributed by atoms with van der Waals surface area (Å²) >= 11 is 1.62. The lowest BCUT2D eigenvalue weighted by atomic mass is 9.91. The number of nitrogens with zero attached hydrogens (tertiary/aromatic N) is 1. The average molecular weight is 306 g/mol. The number of nitrogens with one attached hydrogen (secondary N) is 1. The lowest BCUT2D eigenvalue weighted by Gasteiger charge is -2.19. The van der Waals surface area contributed by atoms with Crippen molar-refractivity contribution in [2.45, 2.75) is 38.6 Å². The van der Waals surface area contributed by atoms with Crippen LogP contribution in [0.5, 0.6) is 0 Å². The summed E-state index contributed by atoms with van der Waals surface area (Å²) in [5.74, 6) is 0.510. The van der Waals surface area contributed by atoms with E-state index in [0.29, 0.717) is 13.2 Å². The summed E-state index contributed by atoms with van der Waals surface area (Å²) in [4.78, 5) is 17.8. The fraction of sp³-hybridized carbons (Fsp3) is 0.467. The second kappa shape index (κ2) is 6.30. The van der Waals surface area contributed by atoms with E-state index in [1.165, 1.54) is 4.88 Å². The first-order valence-corrected chi connectivity index (χ1v) is 8.02. The molecular weight excluding hydrogens is 288 g/mol. The summed E-state index contributed by atoms with van der Waals surface area (Å²) in [6.45, 7) is 2.85. The highest BCUT2D eigenvalue weighted by molar-refractivity contribution is 7.15. The Kier molecular flexibility index (Phi) is 4.24. The molecule has 0 saturated carbocycles. The van der Waals surface area contributed by atoms with Crippen LogP contribution in [-0.2, 0) is 22.5 Å². The number of hydrogen-bond donors (Lipinski definition) is 1. The maximum Gasteiger partial charge on any atom is 0.315 e. The molecule has 0 aromatic carbocycles. The van der Waals surface area contributed by atoms with Crippen LogP contribution in [0.25, 0.3) is 0 Å². The zero-order valence-corrected chi connectivity index (χ0v) is 12.7. The molecule has 112 valence electrons. The molecule has 6 heteroatoms. The molecular formula is C15H18N2O3S. The summed E-state index contributed by atoms with van der Waals surface area (Å²) in [7, 11) is 0. The normalized spacial score (nSPS) is 17.3. The van der Waals surface area contributed by atoms with E-state index in [0.717, 1.165) is 35.8 Å². The topological polar surface area (TPSA) is 64.4 Å². The van der Waals surface area contributed by atoms with E-state index in [4.69, 9.17) is 9.15 Å². The molecule has 0 fully saturated rings. The molecule has 21 heavy (non-hydrogen) atoms. The van der Waals surface area contributed by atoms with Crippen LogP contribution >= 0.6 is 11.3 Å². The highest BCUT2D eigenvalue weighted by Gasteiger charge is 2.31. The number of furan rings is 1. The first kappa shape index (κ1) is 14.1. The molecule has 5 nitrogen and oxygen atoms in total. The van der Waals surface area contributed by atoms with Crippen LogP contribution in [0.15, 0.2) is 22.8 Å². The second-order valence-electron chi connectivity index (χ2n) is 4.96. The van der Waals surface area contributed by atoms with Gasteiger partial charge in [-0.1, -0.05) is 0 Å². The number of thiazole rings is 1. The van der Waals surface area contributed by atoms with E-state index in [1.807, 2.05) is 19.1 Å². The number of anilines is 1. The number of hydrogen-bond acceptors (Lipinski definition) is 6. The molecule has 1 N–H and O–H groups in total. The van der Waals surface area contributed by atoms with Gasteiger partial charge in [0.1, 0.15) is 11.7 Å². The lowest BCUT2D eigenvalue weighted by molar-refractivity contribution is -0.145. The van der Waals surface area contributed by atoms with Gasteiger partial charge in [-0.3, -0.25) is 4.79 Å². The molecule has 1 unspecified atom stereocenters. The molecule has 0 aliphatic heterocycles. The van der Waals surface area contributed by atoms with Gasteiger partial charge in [-0.05, 0) is 38.3 Å². The number of carbonyl (C=O) groups is 1. The summed E-state index contributed by atoms with van der Waals surface area (Å²) < 4.78 is 10.4. The van der Waals surface area contributed by atoms with Crippen molar-refractivity contribution in [3.8, 4) is 0 Å². The third-order valence-electron chi connectivity index (χ3n) is 3.52. The van der Waals surface area contributed by atoms with Crippen molar-refractivity contribution >= 4 is 22.4 Å². The van der Waals surface area contributed by atoms with E-state index in [9.17, 15) is 4.79 Å². The van der Waals surface area contributed by atoms with Gasteiger partial charge in [0.15, 0.2) is 5.13 Å². The van der Waals surface area contributed by atoms with Gasteiger partial charge in [0.2, 0.25) is 0 Å². The van der Waals surface area contributed by atoms with E-state index >= 15 is 0 Å². The van der Waals surface area contributed by atoms with Crippen molar-refractivity contribution in [1.29, 1.82) is 0 Å². The molecule has 1 aliphatic rings. The average Bonchev–Trinajstić information content (AvgIpc) is 3.13. The van der Waals surface area contributed by atoms with Gasteiger partial charge < -0.3 is 14.5 Å². The largest absolute Gasteiger partial charge is 0.467 e. The number of ether oxygens (including phenoxy) is 1. The summed E-state index contributed by atoms with van der Waals surface area (Å²) in [6, 6.07) is 3.78. The van der Waals surface area contributed by atoms with Crippen LogP contribution in [0, 0.1) is 0 Å². The molecule has 2 aromatic rings. The fourth-order valence-corrected chi connectivity index (χ4v) is 3.60. The molecule has 0 amide bonds. The third-order valence-corrected chi connectivity index (χ3v) is 4.61. The van der Waals surface area contributed by atoms with E-state index in [-0.39, 0.29) is 11.9 Å². The van der Waals surface area contributed by atoms with Gasteiger partial charge >= 0.3 is 5.97 Å². The Morgan fingerprint density at radius 3 is 3.29 bits per heavy atom. The zero-order valence-electron chi connectivity index (χ0n) is 11.9. The Balaban J connectivity index is 1.73. The fourth-order valence-electron chi connectivity index (χ4n) is 2.54. The smallest absolute Gasteiger partial charge is 0.315 e. The highest BCUT2D eigenvalue weighted by Crippen LogP contribution is 2.37. The summed E-state index contributed by atoms with van der Waals surface area (Å²) in [6.07, 6.45) is 4.48. The number of fused-ring (bicyclic) bond motifs is 1. The quantitative estimate of drug-likeness (QED) is 0.858. The first-order valence-electron chi connectivity index (χ1n) is 7.20. The molecule has 0 radical (unpaired) electrons. The maximum atomic E-state index is 12.0.